The SMILES string of the molecule is C/C=C/C1CCC2c3cc(F)c(-c4cc(F)c(C(F)(F)F)c(F)c4)c(F)c3CCC2C1. The number of hydrogen-bond acceptors (Lipinski definition) is 0. The molecule has 31 heavy (non-hydrogen) atoms. The van der Waals surface area contributed by atoms with Crippen LogP contribution in [0.15, 0.2) is 30.4 Å². The van der Waals surface area contributed by atoms with Gasteiger partial charge in [-0.3, -0.25) is 0 Å². The van der Waals surface area contributed by atoms with Gasteiger partial charge >= 0.3 is 6.18 Å². The first-order valence-electron chi connectivity index (χ1n) is 10.3. The third kappa shape index (κ3) is 3.87. The van der Waals surface area contributed by atoms with E-state index in [-0.39, 0.29) is 5.92 Å². The van der Waals surface area contributed by atoms with Crippen molar-refractivity contribution in [2.24, 2.45) is 11.8 Å². The monoisotopic (exact) mass is 442 g/mol. The van der Waals surface area contributed by atoms with Gasteiger partial charge in [0.15, 0.2) is 0 Å². The van der Waals surface area contributed by atoms with Crippen LogP contribution in [-0.2, 0) is 12.6 Å². The van der Waals surface area contributed by atoms with Crippen molar-refractivity contribution in [1.82, 2.24) is 0 Å². The third-order valence-corrected chi connectivity index (χ3v) is 6.62. The first-order chi connectivity index (χ1) is 14.6. The van der Waals surface area contributed by atoms with Gasteiger partial charge in [-0.05, 0) is 91.7 Å². The van der Waals surface area contributed by atoms with Gasteiger partial charge in [0.05, 0.1) is 5.56 Å². The van der Waals surface area contributed by atoms with Crippen molar-refractivity contribution in [2.45, 2.75) is 51.1 Å². The smallest absolute Gasteiger partial charge is 0.206 e. The van der Waals surface area contributed by atoms with Crippen LogP contribution in [0.3, 0.4) is 0 Å². The van der Waals surface area contributed by atoms with Crippen LogP contribution in [0.5, 0.6) is 0 Å². The lowest BCUT2D eigenvalue weighted by molar-refractivity contribution is -0.142. The van der Waals surface area contributed by atoms with E-state index in [9.17, 15) is 26.3 Å². The van der Waals surface area contributed by atoms with E-state index in [4.69, 9.17) is 0 Å². The molecule has 2 aromatic rings. The molecule has 2 aliphatic rings. The van der Waals surface area contributed by atoms with E-state index in [1.54, 1.807) is 0 Å². The summed E-state index contributed by atoms with van der Waals surface area (Å²) in [5.74, 6) is -5.02. The molecule has 166 valence electrons. The molecule has 0 aromatic heterocycles. The lowest BCUT2D eigenvalue weighted by Crippen LogP contribution is -2.28. The first kappa shape index (κ1) is 21.9. The molecule has 3 atom stereocenters. The van der Waals surface area contributed by atoms with Crippen LogP contribution in [0.25, 0.3) is 11.1 Å². The van der Waals surface area contributed by atoms with Gasteiger partial charge in [-0.15, -0.1) is 0 Å². The van der Waals surface area contributed by atoms with Crippen LogP contribution in [-0.4, -0.2) is 0 Å². The van der Waals surface area contributed by atoms with Crippen LogP contribution in [0.4, 0.5) is 30.7 Å². The van der Waals surface area contributed by atoms with Crippen LogP contribution >= 0.6 is 0 Å². The van der Waals surface area contributed by atoms with Gasteiger partial charge in [0.1, 0.15) is 28.8 Å². The highest BCUT2D eigenvalue weighted by Crippen LogP contribution is 2.49. The standard InChI is InChI=1S/C24H21F7/c1-2-3-12-4-6-15-13(8-12)5-7-16-17(15)11-18(25)21(23(16)28)14-9-19(26)22(20(27)10-14)24(29,30)31/h2-3,9-13,15H,4-8H2,1H3/b3-2+. The Balaban J connectivity index is 1.76. The largest absolute Gasteiger partial charge is 0.422 e. The summed E-state index contributed by atoms with van der Waals surface area (Å²) >= 11 is 0. The van der Waals surface area contributed by atoms with Crippen LogP contribution in [0.1, 0.15) is 55.2 Å². The molecule has 0 spiro atoms. The van der Waals surface area contributed by atoms with E-state index in [1.807, 2.05) is 13.0 Å². The number of fused-ring (bicyclic) bond motifs is 3. The molecule has 0 aliphatic heterocycles. The highest BCUT2D eigenvalue weighted by Gasteiger charge is 2.39. The van der Waals surface area contributed by atoms with Crippen LogP contribution in [0, 0.1) is 35.1 Å². The van der Waals surface area contributed by atoms with Crippen molar-refractivity contribution in [1.29, 1.82) is 0 Å². The Bertz CT molecular complexity index is 1010. The van der Waals surface area contributed by atoms with Crippen molar-refractivity contribution < 1.29 is 30.7 Å². The van der Waals surface area contributed by atoms with Crippen molar-refractivity contribution in [3.8, 4) is 11.1 Å². The predicted molar refractivity (Wildman–Crippen MR) is 103 cm³/mol. The number of hydrogen-bond donors (Lipinski definition) is 0. The second-order valence-corrected chi connectivity index (χ2v) is 8.43. The first-order valence-corrected chi connectivity index (χ1v) is 10.3. The second-order valence-electron chi connectivity index (χ2n) is 8.43. The fourth-order valence-electron chi connectivity index (χ4n) is 5.32. The number of halogens is 7. The molecule has 4 rings (SSSR count). The summed E-state index contributed by atoms with van der Waals surface area (Å²) in [4.78, 5) is 0. The normalized spacial score (nSPS) is 23.7. The van der Waals surface area contributed by atoms with Gasteiger partial charge in [-0.1, -0.05) is 12.2 Å². The summed E-state index contributed by atoms with van der Waals surface area (Å²) in [6.07, 6.45) is 2.61. The van der Waals surface area contributed by atoms with E-state index in [0.717, 1.165) is 19.3 Å². The summed E-state index contributed by atoms with van der Waals surface area (Å²) < 4.78 is 96.8. The third-order valence-electron chi connectivity index (χ3n) is 6.62. The highest BCUT2D eigenvalue weighted by molar-refractivity contribution is 5.68. The fourth-order valence-corrected chi connectivity index (χ4v) is 5.32. The van der Waals surface area contributed by atoms with E-state index in [0.29, 0.717) is 47.9 Å². The van der Waals surface area contributed by atoms with Crippen molar-refractivity contribution >= 4 is 0 Å². The molecule has 0 heterocycles. The molecular formula is C24H21F7. The lowest BCUT2D eigenvalue weighted by Gasteiger charge is -2.40. The predicted octanol–water partition coefficient (Wildman–Crippen LogP) is 7.95. The quantitative estimate of drug-likeness (QED) is 0.327. The number of benzene rings is 2. The van der Waals surface area contributed by atoms with Gasteiger partial charge < -0.3 is 0 Å². The Morgan fingerprint density at radius 2 is 1.58 bits per heavy atom. The van der Waals surface area contributed by atoms with Crippen molar-refractivity contribution in [3.05, 3.63) is 70.3 Å². The number of rotatable bonds is 2. The van der Waals surface area contributed by atoms with Gasteiger partial charge in [-0.2, -0.15) is 13.2 Å². The molecule has 3 unspecified atom stereocenters. The zero-order valence-corrected chi connectivity index (χ0v) is 16.8. The van der Waals surface area contributed by atoms with Gasteiger partial charge in [0, 0.05) is 0 Å². The zero-order chi connectivity index (χ0) is 22.5. The molecule has 2 aliphatic carbocycles. The Kier molecular flexibility index (Phi) is 5.64. The lowest BCUT2D eigenvalue weighted by atomic mass is 9.65. The summed E-state index contributed by atoms with van der Waals surface area (Å²) in [5.41, 5.74) is -2.48. The number of allylic oxidation sites excluding steroid dienone is 2. The Hall–Kier alpha value is -2.31. The number of alkyl halides is 3. The molecule has 0 N–H and O–H groups in total. The average molecular weight is 442 g/mol. The fraction of sp³-hybridized carbons (Fsp3) is 0.417. The zero-order valence-electron chi connectivity index (χ0n) is 16.8. The van der Waals surface area contributed by atoms with Crippen molar-refractivity contribution in [3.63, 3.8) is 0 Å². The van der Waals surface area contributed by atoms with Crippen LogP contribution in [0.2, 0.25) is 0 Å². The molecule has 0 bridgehead atoms. The van der Waals surface area contributed by atoms with Gasteiger partial charge in [0.25, 0.3) is 0 Å². The maximum atomic E-state index is 15.3. The summed E-state index contributed by atoms with van der Waals surface area (Å²) in [6.45, 7) is 1.96. The maximum absolute atomic E-state index is 15.3. The van der Waals surface area contributed by atoms with Gasteiger partial charge in [-0.25, -0.2) is 17.6 Å². The average Bonchev–Trinajstić information content (AvgIpc) is 2.66. The second kappa shape index (κ2) is 7.99. The maximum Gasteiger partial charge on any atom is 0.422 e. The van der Waals surface area contributed by atoms with E-state index >= 15 is 4.39 Å². The summed E-state index contributed by atoms with van der Waals surface area (Å²) in [6, 6.07) is 1.88. The Labute approximate surface area is 175 Å². The molecule has 7 heteroatoms. The minimum absolute atomic E-state index is 0.00406. The molecule has 0 nitrogen and oxygen atoms in total. The molecular weight excluding hydrogens is 421 g/mol. The van der Waals surface area contributed by atoms with E-state index in [1.165, 1.54) is 6.07 Å². The Morgan fingerprint density at radius 3 is 2.19 bits per heavy atom. The molecule has 0 radical (unpaired) electrons. The van der Waals surface area contributed by atoms with Gasteiger partial charge in [0.2, 0.25) is 0 Å². The molecule has 2 aromatic carbocycles. The topological polar surface area (TPSA) is 0 Å². The molecule has 0 saturated heterocycles. The summed E-state index contributed by atoms with van der Waals surface area (Å²) in [5, 5.41) is 0. The van der Waals surface area contributed by atoms with Crippen molar-refractivity contribution in [2.75, 3.05) is 0 Å². The van der Waals surface area contributed by atoms with E-state index < -0.39 is 46.1 Å². The highest BCUT2D eigenvalue weighted by atomic mass is 19.4. The van der Waals surface area contributed by atoms with E-state index in [2.05, 4.69) is 6.08 Å². The Morgan fingerprint density at radius 1 is 0.903 bits per heavy atom. The van der Waals surface area contributed by atoms with Crippen LogP contribution < -0.4 is 0 Å². The molecule has 0 amide bonds. The minimum atomic E-state index is -5.25. The molecule has 1 fully saturated rings. The minimum Gasteiger partial charge on any atom is -0.206 e. The molecule has 1 saturated carbocycles. The summed E-state index contributed by atoms with van der Waals surface area (Å²) in [7, 11) is 0.